The van der Waals surface area contributed by atoms with Crippen molar-refractivity contribution in [3.05, 3.63) is 45.9 Å². The fraction of sp³-hybridized carbons (Fsp3) is 0.357. The van der Waals surface area contributed by atoms with Crippen LogP contribution < -0.4 is 5.32 Å². The SMILES string of the molecule is C=C(Br)CNC(=O)C1(c2cccc(Cl)c2)CCC1. The maximum Gasteiger partial charge on any atom is 0.230 e. The van der Waals surface area contributed by atoms with Crippen LogP contribution in [0, 0.1) is 0 Å². The van der Waals surface area contributed by atoms with Gasteiger partial charge in [0.2, 0.25) is 5.91 Å². The maximum absolute atomic E-state index is 12.3. The van der Waals surface area contributed by atoms with Crippen molar-refractivity contribution in [2.24, 2.45) is 0 Å². The number of amides is 1. The second-order valence-electron chi connectivity index (χ2n) is 4.65. The summed E-state index contributed by atoms with van der Waals surface area (Å²) < 4.78 is 0.774. The van der Waals surface area contributed by atoms with E-state index in [9.17, 15) is 4.79 Å². The average molecular weight is 329 g/mol. The van der Waals surface area contributed by atoms with Crippen LogP contribution in [0.1, 0.15) is 24.8 Å². The zero-order chi connectivity index (χ0) is 13.2. The van der Waals surface area contributed by atoms with Gasteiger partial charge < -0.3 is 5.32 Å². The Morgan fingerprint density at radius 1 is 1.50 bits per heavy atom. The molecule has 0 saturated heterocycles. The number of hydrogen-bond acceptors (Lipinski definition) is 1. The summed E-state index contributed by atoms with van der Waals surface area (Å²) in [7, 11) is 0. The Labute approximate surface area is 121 Å². The molecule has 18 heavy (non-hydrogen) atoms. The van der Waals surface area contributed by atoms with Gasteiger partial charge in [-0.25, -0.2) is 0 Å². The molecule has 1 fully saturated rings. The number of carbonyl (C=O) groups is 1. The van der Waals surface area contributed by atoms with Gasteiger partial charge in [0.05, 0.1) is 5.41 Å². The van der Waals surface area contributed by atoms with Gasteiger partial charge in [0, 0.05) is 16.0 Å². The van der Waals surface area contributed by atoms with Crippen LogP contribution >= 0.6 is 27.5 Å². The predicted octanol–water partition coefficient (Wildman–Crippen LogP) is 3.79. The summed E-state index contributed by atoms with van der Waals surface area (Å²) >= 11 is 9.26. The molecule has 0 spiro atoms. The quantitative estimate of drug-likeness (QED) is 0.895. The highest BCUT2D eigenvalue weighted by Gasteiger charge is 2.45. The molecule has 2 nitrogen and oxygen atoms in total. The predicted molar refractivity (Wildman–Crippen MR) is 78.1 cm³/mol. The zero-order valence-electron chi connectivity index (χ0n) is 10.0. The van der Waals surface area contributed by atoms with Gasteiger partial charge in [0.15, 0.2) is 0 Å². The van der Waals surface area contributed by atoms with Gasteiger partial charge >= 0.3 is 0 Å². The number of benzene rings is 1. The van der Waals surface area contributed by atoms with Crippen molar-refractivity contribution in [1.29, 1.82) is 0 Å². The molecule has 0 bridgehead atoms. The first-order valence-corrected chi connectivity index (χ1v) is 7.09. The third-order valence-corrected chi connectivity index (χ3v) is 3.98. The van der Waals surface area contributed by atoms with Gasteiger partial charge in [-0.05, 0) is 30.5 Å². The number of hydrogen-bond donors (Lipinski definition) is 1. The Bertz CT molecular complexity index is 482. The summed E-state index contributed by atoms with van der Waals surface area (Å²) in [5.74, 6) is 0.0663. The number of nitrogens with one attached hydrogen (secondary N) is 1. The lowest BCUT2D eigenvalue weighted by atomic mass is 9.64. The van der Waals surface area contributed by atoms with Crippen molar-refractivity contribution in [2.75, 3.05) is 6.54 Å². The van der Waals surface area contributed by atoms with Gasteiger partial charge in [-0.2, -0.15) is 0 Å². The Morgan fingerprint density at radius 2 is 2.22 bits per heavy atom. The molecular weight excluding hydrogens is 314 g/mol. The van der Waals surface area contributed by atoms with E-state index in [1.807, 2.05) is 24.3 Å². The van der Waals surface area contributed by atoms with Crippen LogP contribution in [-0.2, 0) is 10.2 Å². The molecular formula is C14H15BrClNO. The van der Waals surface area contributed by atoms with Gasteiger partial charge in [-0.1, -0.05) is 52.7 Å². The van der Waals surface area contributed by atoms with Crippen molar-refractivity contribution < 1.29 is 4.79 Å². The van der Waals surface area contributed by atoms with E-state index in [1.165, 1.54) is 0 Å². The van der Waals surface area contributed by atoms with Crippen molar-refractivity contribution in [3.63, 3.8) is 0 Å². The normalized spacial score (nSPS) is 16.8. The van der Waals surface area contributed by atoms with E-state index in [0.29, 0.717) is 11.6 Å². The Hall–Kier alpha value is -0.800. The van der Waals surface area contributed by atoms with Crippen LogP contribution in [0.4, 0.5) is 0 Å². The summed E-state index contributed by atoms with van der Waals surface area (Å²) in [5, 5.41) is 3.59. The maximum atomic E-state index is 12.3. The second kappa shape index (κ2) is 5.45. The first kappa shape index (κ1) is 13.6. The Balaban J connectivity index is 2.20. The molecule has 2 rings (SSSR count). The van der Waals surface area contributed by atoms with E-state index in [0.717, 1.165) is 29.3 Å². The van der Waals surface area contributed by atoms with E-state index in [2.05, 4.69) is 27.8 Å². The largest absolute Gasteiger partial charge is 0.351 e. The third kappa shape index (κ3) is 2.62. The monoisotopic (exact) mass is 327 g/mol. The van der Waals surface area contributed by atoms with Crippen LogP contribution in [0.5, 0.6) is 0 Å². The van der Waals surface area contributed by atoms with Crippen LogP contribution in [0.15, 0.2) is 35.3 Å². The van der Waals surface area contributed by atoms with E-state index < -0.39 is 5.41 Å². The van der Waals surface area contributed by atoms with Gasteiger partial charge in [0.25, 0.3) is 0 Å². The molecule has 0 atom stereocenters. The number of rotatable bonds is 4. The fourth-order valence-electron chi connectivity index (χ4n) is 2.31. The van der Waals surface area contributed by atoms with Crippen molar-refractivity contribution in [3.8, 4) is 0 Å². The molecule has 1 saturated carbocycles. The first-order valence-electron chi connectivity index (χ1n) is 5.92. The molecule has 0 aliphatic heterocycles. The second-order valence-corrected chi connectivity index (χ2v) is 6.20. The zero-order valence-corrected chi connectivity index (χ0v) is 12.4. The summed E-state index contributed by atoms with van der Waals surface area (Å²) in [5.41, 5.74) is 0.617. The number of carbonyl (C=O) groups excluding carboxylic acids is 1. The standard InChI is InChI=1S/C14H15BrClNO/c1-10(15)9-17-13(18)14(6-3-7-14)11-4-2-5-12(16)8-11/h2,4-5,8H,1,3,6-7,9H2,(H,17,18). The third-order valence-electron chi connectivity index (χ3n) is 3.46. The molecule has 4 heteroatoms. The fourth-order valence-corrected chi connectivity index (χ4v) is 2.64. The van der Waals surface area contributed by atoms with E-state index in [4.69, 9.17) is 11.6 Å². The molecule has 1 aliphatic carbocycles. The highest BCUT2D eigenvalue weighted by atomic mass is 79.9. The molecule has 0 heterocycles. The molecule has 96 valence electrons. The van der Waals surface area contributed by atoms with Gasteiger partial charge in [-0.15, -0.1) is 0 Å². The molecule has 1 aromatic rings. The topological polar surface area (TPSA) is 29.1 Å². The molecule has 1 amide bonds. The average Bonchev–Trinajstić information content (AvgIpc) is 2.25. The van der Waals surface area contributed by atoms with E-state index >= 15 is 0 Å². The lowest BCUT2D eigenvalue weighted by molar-refractivity contribution is -0.129. The lowest BCUT2D eigenvalue weighted by Crippen LogP contribution is -2.49. The minimum Gasteiger partial charge on any atom is -0.351 e. The van der Waals surface area contributed by atoms with Gasteiger partial charge in [0.1, 0.15) is 0 Å². The van der Waals surface area contributed by atoms with Crippen molar-refractivity contribution in [2.45, 2.75) is 24.7 Å². The molecule has 1 aromatic carbocycles. The van der Waals surface area contributed by atoms with E-state index in [-0.39, 0.29) is 5.91 Å². The minimum atomic E-state index is -0.395. The number of halogens is 2. The van der Waals surface area contributed by atoms with Crippen molar-refractivity contribution in [1.82, 2.24) is 5.32 Å². The van der Waals surface area contributed by atoms with Crippen LogP contribution in [0.3, 0.4) is 0 Å². The summed E-state index contributed by atoms with van der Waals surface area (Å²) in [6, 6.07) is 7.60. The van der Waals surface area contributed by atoms with Gasteiger partial charge in [-0.3, -0.25) is 4.79 Å². The minimum absolute atomic E-state index is 0.0663. The molecule has 1 aliphatic rings. The van der Waals surface area contributed by atoms with Crippen LogP contribution in [0.25, 0.3) is 0 Å². The first-order chi connectivity index (χ1) is 8.54. The highest BCUT2D eigenvalue weighted by molar-refractivity contribution is 9.11. The molecule has 1 N–H and O–H groups in total. The highest BCUT2D eigenvalue weighted by Crippen LogP contribution is 2.44. The lowest BCUT2D eigenvalue weighted by Gasteiger charge is -2.40. The summed E-state index contributed by atoms with van der Waals surface area (Å²) in [6.45, 7) is 4.18. The molecule has 0 aromatic heterocycles. The molecule has 0 radical (unpaired) electrons. The summed E-state index contributed by atoms with van der Waals surface area (Å²) in [4.78, 5) is 12.3. The Kier molecular flexibility index (Phi) is 4.13. The smallest absolute Gasteiger partial charge is 0.230 e. The van der Waals surface area contributed by atoms with Crippen LogP contribution in [0.2, 0.25) is 5.02 Å². The summed E-state index contributed by atoms with van der Waals surface area (Å²) in [6.07, 6.45) is 2.84. The van der Waals surface area contributed by atoms with Crippen molar-refractivity contribution >= 4 is 33.4 Å². The Morgan fingerprint density at radius 3 is 2.72 bits per heavy atom. The molecule has 0 unspecified atom stereocenters. The van der Waals surface area contributed by atoms with E-state index in [1.54, 1.807) is 0 Å². The van der Waals surface area contributed by atoms with Crippen LogP contribution in [-0.4, -0.2) is 12.5 Å².